The predicted molar refractivity (Wildman–Crippen MR) is 110 cm³/mol. The maximum atomic E-state index is 12.2. The van der Waals surface area contributed by atoms with Gasteiger partial charge in [0.25, 0.3) is 5.91 Å². The Morgan fingerprint density at radius 1 is 1.04 bits per heavy atom. The third-order valence-electron chi connectivity index (χ3n) is 4.40. The first-order valence-corrected chi connectivity index (χ1v) is 9.63. The van der Waals surface area contributed by atoms with E-state index < -0.39 is 0 Å². The van der Waals surface area contributed by atoms with Crippen LogP contribution in [0.3, 0.4) is 0 Å². The van der Waals surface area contributed by atoms with Gasteiger partial charge in [-0.2, -0.15) is 0 Å². The van der Waals surface area contributed by atoms with Gasteiger partial charge in [0.2, 0.25) is 0 Å². The first kappa shape index (κ1) is 17.6. The normalized spacial score (nSPS) is 20.3. The number of anilines is 1. The van der Waals surface area contributed by atoms with Crippen molar-refractivity contribution < 1.29 is 9.90 Å². The molecule has 0 spiro atoms. The monoisotopic (exact) mass is 380 g/mol. The number of aromatic hydroxyl groups is 1. The summed E-state index contributed by atoms with van der Waals surface area (Å²) in [5.41, 5.74) is 2.87. The van der Waals surface area contributed by atoms with Gasteiger partial charge in [0.15, 0.2) is 5.17 Å². The first-order chi connectivity index (χ1) is 13.2. The van der Waals surface area contributed by atoms with Crippen molar-refractivity contribution in [2.24, 2.45) is 4.99 Å². The number of phenols is 1. The Morgan fingerprint density at radius 2 is 1.74 bits per heavy atom. The summed E-state index contributed by atoms with van der Waals surface area (Å²) in [5, 5.41) is 16.0. The van der Waals surface area contributed by atoms with Gasteiger partial charge in [0, 0.05) is 31.9 Å². The summed E-state index contributed by atoms with van der Waals surface area (Å²) >= 11 is 1.31. The number of benzene rings is 2. The highest BCUT2D eigenvalue weighted by Crippen LogP contribution is 2.29. The van der Waals surface area contributed by atoms with Gasteiger partial charge in [-0.05, 0) is 59.8 Å². The molecule has 0 radical (unpaired) electrons. The lowest BCUT2D eigenvalue weighted by Gasteiger charge is -2.29. The van der Waals surface area contributed by atoms with Crippen LogP contribution in [0.5, 0.6) is 5.75 Å². The van der Waals surface area contributed by atoms with Gasteiger partial charge in [0.05, 0.1) is 10.6 Å². The quantitative estimate of drug-likeness (QED) is 0.714. The van der Waals surface area contributed by atoms with Gasteiger partial charge in [-0.25, -0.2) is 4.99 Å². The molecule has 27 heavy (non-hydrogen) atoms. The lowest BCUT2D eigenvalue weighted by atomic mass is 10.1. The molecule has 0 aromatic heterocycles. The van der Waals surface area contributed by atoms with E-state index in [4.69, 9.17) is 0 Å². The Balaban J connectivity index is 1.47. The fourth-order valence-corrected chi connectivity index (χ4v) is 3.82. The summed E-state index contributed by atoms with van der Waals surface area (Å²) in [6, 6.07) is 14.8. The molecule has 1 amide bonds. The van der Waals surface area contributed by atoms with Crippen LogP contribution in [0.15, 0.2) is 58.4 Å². The minimum atomic E-state index is -0.149. The maximum absolute atomic E-state index is 12.2. The number of piperazine rings is 1. The van der Waals surface area contributed by atoms with E-state index in [9.17, 15) is 9.90 Å². The number of carbonyl (C=O) groups is 1. The Kier molecular flexibility index (Phi) is 5.13. The summed E-state index contributed by atoms with van der Waals surface area (Å²) in [4.78, 5) is 19.6. The van der Waals surface area contributed by atoms with Crippen molar-refractivity contribution in [3.8, 4) is 5.75 Å². The number of hydrogen-bond acceptors (Lipinski definition) is 6. The lowest BCUT2D eigenvalue weighted by molar-refractivity contribution is -0.115. The molecule has 2 aromatic rings. The molecule has 0 saturated carbocycles. The van der Waals surface area contributed by atoms with E-state index in [1.807, 2.05) is 18.2 Å². The van der Waals surface area contributed by atoms with E-state index in [2.05, 4.69) is 32.7 Å². The fourth-order valence-electron chi connectivity index (χ4n) is 2.98. The van der Waals surface area contributed by atoms with E-state index in [0.717, 1.165) is 31.7 Å². The number of phenolic OH excluding ortho intramolecular Hbond substituents is 1. The Bertz CT molecular complexity index is 885. The van der Waals surface area contributed by atoms with Gasteiger partial charge in [-0.15, -0.1) is 0 Å². The standard InChI is InChI=1S/C20H20N4O2S/c25-17-7-3-15(4-8-17)22-20-23-19(26)18(27-20)13-14-1-5-16(6-2-14)24-11-9-21-10-12-24/h1-8,13,21,25H,9-12H2,(H,22,23,26)/b18-13+. The number of nitrogens with one attached hydrogen (secondary N) is 2. The van der Waals surface area contributed by atoms with Crippen molar-refractivity contribution in [2.45, 2.75) is 0 Å². The van der Waals surface area contributed by atoms with Crippen LogP contribution in [0.2, 0.25) is 0 Å². The van der Waals surface area contributed by atoms with Crippen LogP contribution >= 0.6 is 11.8 Å². The van der Waals surface area contributed by atoms with Crippen LogP contribution in [0.25, 0.3) is 6.08 Å². The number of amidine groups is 1. The topological polar surface area (TPSA) is 77.0 Å². The Morgan fingerprint density at radius 3 is 2.44 bits per heavy atom. The highest BCUT2D eigenvalue weighted by Gasteiger charge is 2.23. The largest absolute Gasteiger partial charge is 0.508 e. The van der Waals surface area contributed by atoms with E-state index >= 15 is 0 Å². The molecule has 2 aliphatic heterocycles. The van der Waals surface area contributed by atoms with Crippen LogP contribution < -0.4 is 15.5 Å². The minimum Gasteiger partial charge on any atom is -0.508 e. The second kappa shape index (κ2) is 7.85. The third-order valence-corrected chi connectivity index (χ3v) is 5.31. The van der Waals surface area contributed by atoms with Gasteiger partial charge < -0.3 is 20.6 Å². The molecule has 2 aliphatic rings. The maximum Gasteiger partial charge on any atom is 0.264 e. The predicted octanol–water partition coefficient (Wildman–Crippen LogP) is 2.69. The molecule has 6 nitrogen and oxygen atoms in total. The second-order valence-corrected chi connectivity index (χ2v) is 7.36. The number of amides is 1. The van der Waals surface area contributed by atoms with E-state index in [-0.39, 0.29) is 11.7 Å². The molecule has 0 bridgehead atoms. The van der Waals surface area contributed by atoms with Crippen LogP contribution in [-0.2, 0) is 4.79 Å². The molecule has 0 atom stereocenters. The van der Waals surface area contributed by atoms with Crippen LogP contribution in [0.1, 0.15) is 5.56 Å². The number of aliphatic imine (C=N–C) groups is 1. The number of rotatable bonds is 3. The average molecular weight is 380 g/mol. The summed E-state index contributed by atoms with van der Waals surface area (Å²) in [6.07, 6.45) is 1.88. The smallest absolute Gasteiger partial charge is 0.264 e. The third kappa shape index (κ3) is 4.32. The van der Waals surface area contributed by atoms with Crippen LogP contribution in [-0.4, -0.2) is 42.4 Å². The summed E-state index contributed by atoms with van der Waals surface area (Å²) in [5.74, 6) is 0.0376. The molecule has 138 valence electrons. The van der Waals surface area contributed by atoms with Gasteiger partial charge >= 0.3 is 0 Å². The first-order valence-electron chi connectivity index (χ1n) is 8.82. The molecule has 2 heterocycles. The molecular weight excluding hydrogens is 360 g/mol. The molecule has 0 unspecified atom stereocenters. The lowest BCUT2D eigenvalue weighted by Crippen LogP contribution is -2.43. The van der Waals surface area contributed by atoms with Crippen molar-refractivity contribution in [2.75, 3.05) is 31.1 Å². The minimum absolute atomic E-state index is 0.149. The second-order valence-electron chi connectivity index (χ2n) is 6.33. The molecule has 7 heteroatoms. The van der Waals surface area contributed by atoms with E-state index in [1.54, 1.807) is 24.3 Å². The SMILES string of the molecule is O=C1NC(=Nc2ccc(O)cc2)S/C1=C/c1ccc(N2CCNCC2)cc1. The zero-order valence-corrected chi connectivity index (χ0v) is 15.5. The summed E-state index contributed by atoms with van der Waals surface area (Å²) in [6.45, 7) is 4.03. The Labute approximate surface area is 162 Å². The number of carbonyl (C=O) groups excluding carboxylic acids is 1. The van der Waals surface area contributed by atoms with Gasteiger partial charge in [0.1, 0.15) is 5.75 Å². The van der Waals surface area contributed by atoms with Crippen LogP contribution in [0, 0.1) is 0 Å². The van der Waals surface area contributed by atoms with E-state index in [0.29, 0.717) is 15.8 Å². The van der Waals surface area contributed by atoms with Crippen molar-refractivity contribution in [1.29, 1.82) is 0 Å². The van der Waals surface area contributed by atoms with Gasteiger partial charge in [-0.1, -0.05) is 12.1 Å². The van der Waals surface area contributed by atoms with Crippen molar-refractivity contribution >= 4 is 40.3 Å². The highest BCUT2D eigenvalue weighted by molar-refractivity contribution is 8.18. The highest BCUT2D eigenvalue weighted by atomic mass is 32.2. The molecule has 3 N–H and O–H groups in total. The number of hydrogen-bond donors (Lipinski definition) is 3. The number of nitrogens with zero attached hydrogens (tertiary/aromatic N) is 2. The van der Waals surface area contributed by atoms with Gasteiger partial charge in [-0.3, -0.25) is 4.79 Å². The molecule has 0 aliphatic carbocycles. The zero-order chi connectivity index (χ0) is 18.6. The van der Waals surface area contributed by atoms with E-state index in [1.165, 1.54) is 17.4 Å². The molecule has 4 rings (SSSR count). The van der Waals surface area contributed by atoms with Crippen molar-refractivity contribution in [1.82, 2.24) is 10.6 Å². The number of thioether (sulfide) groups is 1. The van der Waals surface area contributed by atoms with Crippen molar-refractivity contribution in [3.05, 3.63) is 59.0 Å². The zero-order valence-electron chi connectivity index (χ0n) is 14.7. The average Bonchev–Trinajstić information content (AvgIpc) is 3.04. The summed E-state index contributed by atoms with van der Waals surface area (Å²) < 4.78 is 0. The molecule has 2 saturated heterocycles. The summed E-state index contributed by atoms with van der Waals surface area (Å²) in [7, 11) is 0. The molecule has 2 aromatic carbocycles. The molecule has 2 fully saturated rings. The Hall–Kier alpha value is -2.77. The molecular formula is C20H20N4O2S. The fraction of sp³-hybridized carbons (Fsp3) is 0.200. The van der Waals surface area contributed by atoms with Crippen LogP contribution in [0.4, 0.5) is 11.4 Å². The van der Waals surface area contributed by atoms with Crippen molar-refractivity contribution in [3.63, 3.8) is 0 Å².